The van der Waals surface area contributed by atoms with Crippen LogP contribution >= 0.6 is 0 Å². The van der Waals surface area contributed by atoms with E-state index in [1.54, 1.807) is 24.3 Å². The molecule has 0 spiro atoms. The van der Waals surface area contributed by atoms with Gasteiger partial charge < -0.3 is 24.1 Å². The number of benzene rings is 3. The quantitative estimate of drug-likeness (QED) is 0.227. The van der Waals surface area contributed by atoms with Crippen LogP contribution in [0.25, 0.3) is 0 Å². The molecule has 168 valence electrons. The van der Waals surface area contributed by atoms with Crippen molar-refractivity contribution in [2.24, 2.45) is 0 Å². The monoisotopic (exact) mass is 448 g/mol. The molecule has 0 unspecified atom stereocenters. The highest BCUT2D eigenvalue weighted by atomic mass is 16.6. The molecule has 3 rings (SSSR count). The number of phenolic OH excluding ortho intramolecular Hbond substituents is 1. The molecule has 1 N–H and O–H groups in total. The Morgan fingerprint density at radius 3 is 1.64 bits per heavy atom. The topological polar surface area (TPSA) is 108 Å². The highest BCUT2D eigenvalue weighted by Crippen LogP contribution is 2.21. The van der Waals surface area contributed by atoms with Gasteiger partial charge in [0.1, 0.15) is 36.2 Å². The van der Waals surface area contributed by atoms with Gasteiger partial charge in [-0.15, -0.1) is 0 Å². The molecule has 0 saturated heterocycles. The van der Waals surface area contributed by atoms with Crippen molar-refractivity contribution in [1.29, 1.82) is 0 Å². The molecule has 0 aliphatic carbocycles. The molecule has 0 heterocycles. The number of hydrogen-bond acceptors (Lipinski definition) is 8. The maximum atomic E-state index is 12.3. The Kier molecular flexibility index (Phi) is 7.80. The summed E-state index contributed by atoms with van der Waals surface area (Å²) in [5.74, 6) is -0.592. The zero-order valence-electron chi connectivity index (χ0n) is 17.4. The second-order valence-electron chi connectivity index (χ2n) is 6.54. The maximum absolute atomic E-state index is 12.3. The van der Waals surface area contributed by atoms with Crippen molar-refractivity contribution >= 4 is 17.9 Å². The summed E-state index contributed by atoms with van der Waals surface area (Å²) in [7, 11) is 0. The van der Waals surface area contributed by atoms with Crippen LogP contribution in [0.1, 0.15) is 20.7 Å². The van der Waals surface area contributed by atoms with E-state index >= 15 is 0 Å². The predicted molar refractivity (Wildman–Crippen MR) is 118 cm³/mol. The van der Waals surface area contributed by atoms with E-state index in [2.05, 4.69) is 6.58 Å². The van der Waals surface area contributed by atoms with Gasteiger partial charge in [-0.3, -0.25) is 0 Å². The Morgan fingerprint density at radius 1 is 0.697 bits per heavy atom. The summed E-state index contributed by atoms with van der Waals surface area (Å²) in [4.78, 5) is 35.4. The van der Waals surface area contributed by atoms with E-state index in [1.807, 2.05) is 0 Å². The Hall–Kier alpha value is -4.59. The lowest BCUT2D eigenvalue weighted by atomic mass is 10.2. The minimum Gasteiger partial charge on any atom is -0.508 e. The molecule has 0 aromatic heterocycles. The van der Waals surface area contributed by atoms with E-state index < -0.39 is 17.9 Å². The minimum absolute atomic E-state index is 0.0476. The summed E-state index contributed by atoms with van der Waals surface area (Å²) in [6, 6.07) is 17.9. The van der Waals surface area contributed by atoms with E-state index in [1.165, 1.54) is 48.5 Å². The third-order valence-corrected chi connectivity index (χ3v) is 4.20. The highest BCUT2D eigenvalue weighted by Gasteiger charge is 2.11. The second-order valence-corrected chi connectivity index (χ2v) is 6.54. The van der Waals surface area contributed by atoms with Crippen LogP contribution in [-0.4, -0.2) is 36.2 Å². The molecule has 0 saturated carbocycles. The average Bonchev–Trinajstić information content (AvgIpc) is 2.83. The molecule has 3 aromatic rings. The van der Waals surface area contributed by atoms with Gasteiger partial charge in [0.2, 0.25) is 0 Å². The second kappa shape index (κ2) is 11.1. The van der Waals surface area contributed by atoms with Gasteiger partial charge in [-0.1, -0.05) is 6.58 Å². The first-order chi connectivity index (χ1) is 15.9. The first-order valence-electron chi connectivity index (χ1n) is 9.80. The summed E-state index contributed by atoms with van der Waals surface area (Å²) < 4.78 is 20.8. The van der Waals surface area contributed by atoms with E-state index in [0.717, 1.165) is 6.08 Å². The van der Waals surface area contributed by atoms with Gasteiger partial charge >= 0.3 is 17.9 Å². The number of esters is 3. The molecule has 0 aliphatic rings. The molecule has 0 fully saturated rings. The molecule has 8 heteroatoms. The zero-order valence-corrected chi connectivity index (χ0v) is 17.4. The number of carbonyl (C=O) groups excluding carboxylic acids is 3. The van der Waals surface area contributed by atoms with Gasteiger partial charge in [0.05, 0.1) is 11.1 Å². The van der Waals surface area contributed by atoms with E-state index in [9.17, 15) is 19.5 Å². The first kappa shape index (κ1) is 23.1. The molecule has 0 aliphatic heterocycles. The molecule has 0 amide bonds. The van der Waals surface area contributed by atoms with Crippen LogP contribution in [0.4, 0.5) is 0 Å². The summed E-state index contributed by atoms with van der Waals surface area (Å²) in [6.45, 7) is 3.54. The van der Waals surface area contributed by atoms with Crippen molar-refractivity contribution in [2.75, 3.05) is 13.2 Å². The zero-order chi connectivity index (χ0) is 23.6. The standard InChI is InChI=1S/C25H20O8/c1-2-23(27)31-16-15-30-20-9-5-18(6-10-20)25(29)33-22-13-11-21(12-14-22)32-24(28)17-3-7-19(26)8-4-17/h2-14,26H,1,15-16H2. The highest BCUT2D eigenvalue weighted by molar-refractivity contribution is 5.92. The SMILES string of the molecule is C=CC(=O)OCCOc1ccc(C(=O)Oc2ccc(OC(=O)c3ccc(O)cc3)cc2)cc1. The van der Waals surface area contributed by atoms with Crippen molar-refractivity contribution in [3.8, 4) is 23.0 Å². The van der Waals surface area contributed by atoms with E-state index in [4.69, 9.17) is 18.9 Å². The molecule has 8 nitrogen and oxygen atoms in total. The van der Waals surface area contributed by atoms with Crippen molar-refractivity contribution in [3.05, 3.63) is 96.6 Å². The lowest BCUT2D eigenvalue weighted by Crippen LogP contribution is -2.11. The van der Waals surface area contributed by atoms with Crippen molar-refractivity contribution in [1.82, 2.24) is 0 Å². The summed E-state index contributed by atoms with van der Waals surface area (Å²) in [5, 5.41) is 9.28. The normalized spacial score (nSPS) is 10.1. The van der Waals surface area contributed by atoms with Crippen LogP contribution in [0, 0.1) is 0 Å². The largest absolute Gasteiger partial charge is 0.508 e. The van der Waals surface area contributed by atoms with Crippen LogP contribution in [0.5, 0.6) is 23.0 Å². The Labute approximate surface area is 189 Å². The van der Waals surface area contributed by atoms with E-state index in [0.29, 0.717) is 11.3 Å². The van der Waals surface area contributed by atoms with Gasteiger partial charge in [-0.25, -0.2) is 14.4 Å². The number of ether oxygens (including phenoxy) is 4. The van der Waals surface area contributed by atoms with Gasteiger partial charge in [0, 0.05) is 6.08 Å². The van der Waals surface area contributed by atoms with Gasteiger partial charge in [-0.2, -0.15) is 0 Å². The van der Waals surface area contributed by atoms with Crippen molar-refractivity contribution < 1.29 is 38.4 Å². The summed E-state index contributed by atoms with van der Waals surface area (Å²) in [5.41, 5.74) is 0.594. The van der Waals surface area contributed by atoms with Crippen molar-refractivity contribution in [2.45, 2.75) is 0 Å². The predicted octanol–water partition coefficient (Wildman–Crippen LogP) is 3.94. The number of aromatic hydroxyl groups is 1. The van der Waals surface area contributed by atoms with Crippen LogP contribution in [0.15, 0.2) is 85.5 Å². The van der Waals surface area contributed by atoms with Crippen molar-refractivity contribution in [3.63, 3.8) is 0 Å². The van der Waals surface area contributed by atoms with Crippen LogP contribution in [0.2, 0.25) is 0 Å². The molecule has 0 bridgehead atoms. The number of rotatable bonds is 9. The van der Waals surface area contributed by atoms with Crippen LogP contribution in [0.3, 0.4) is 0 Å². The van der Waals surface area contributed by atoms with E-state index in [-0.39, 0.29) is 36.0 Å². The average molecular weight is 448 g/mol. The summed E-state index contributed by atoms with van der Waals surface area (Å²) in [6.07, 6.45) is 1.07. The fourth-order valence-electron chi connectivity index (χ4n) is 2.55. The van der Waals surface area contributed by atoms with Gasteiger partial charge in [-0.05, 0) is 72.8 Å². The fourth-order valence-corrected chi connectivity index (χ4v) is 2.55. The van der Waals surface area contributed by atoms with Gasteiger partial charge in [0.25, 0.3) is 0 Å². The molecular weight excluding hydrogens is 428 g/mol. The third kappa shape index (κ3) is 6.96. The lowest BCUT2D eigenvalue weighted by Gasteiger charge is -2.08. The van der Waals surface area contributed by atoms with Crippen LogP contribution < -0.4 is 14.2 Å². The third-order valence-electron chi connectivity index (χ3n) is 4.20. The number of hydrogen-bond donors (Lipinski definition) is 1. The number of carbonyl (C=O) groups is 3. The summed E-state index contributed by atoms with van der Waals surface area (Å²) >= 11 is 0. The maximum Gasteiger partial charge on any atom is 0.343 e. The molecule has 3 aromatic carbocycles. The van der Waals surface area contributed by atoms with Gasteiger partial charge in [0.15, 0.2) is 0 Å². The molecular formula is C25H20O8. The molecule has 0 radical (unpaired) electrons. The Bertz CT molecular complexity index is 1120. The smallest absolute Gasteiger partial charge is 0.343 e. The number of phenols is 1. The molecule has 0 atom stereocenters. The van der Waals surface area contributed by atoms with Crippen LogP contribution in [-0.2, 0) is 9.53 Å². The first-order valence-corrected chi connectivity index (χ1v) is 9.80. The fraction of sp³-hybridized carbons (Fsp3) is 0.0800. The lowest BCUT2D eigenvalue weighted by molar-refractivity contribution is -0.138. The molecule has 33 heavy (non-hydrogen) atoms. The Balaban J connectivity index is 1.49. The minimum atomic E-state index is -0.582. The Morgan fingerprint density at radius 2 is 1.15 bits per heavy atom.